The second kappa shape index (κ2) is 6.57. The van der Waals surface area contributed by atoms with E-state index >= 15 is 0 Å². The molecule has 0 aliphatic carbocycles. The van der Waals surface area contributed by atoms with Gasteiger partial charge in [-0.15, -0.1) is 0 Å². The summed E-state index contributed by atoms with van der Waals surface area (Å²) in [5, 5.41) is 7.41. The van der Waals surface area contributed by atoms with Crippen LogP contribution in [0.3, 0.4) is 0 Å². The average Bonchev–Trinajstić information content (AvgIpc) is 2.78. The van der Waals surface area contributed by atoms with Gasteiger partial charge in [-0.1, -0.05) is 13.0 Å². The fourth-order valence-corrected chi connectivity index (χ4v) is 2.29. The third-order valence-electron chi connectivity index (χ3n) is 3.18. The molecule has 0 aliphatic heterocycles. The Morgan fingerprint density at radius 3 is 2.80 bits per heavy atom. The molecule has 0 spiro atoms. The minimum Gasteiger partial charge on any atom is -0.352 e. The second-order valence-electron chi connectivity index (χ2n) is 5.34. The van der Waals surface area contributed by atoms with Gasteiger partial charge in [-0.3, -0.25) is 4.79 Å². The molecule has 4 heteroatoms. The Balaban J connectivity index is 2.14. The molecule has 0 fully saturated rings. The number of fused-ring (bicyclic) bond motifs is 1. The van der Waals surface area contributed by atoms with Crippen molar-refractivity contribution in [3.05, 3.63) is 36.0 Å². The molecule has 0 unspecified atom stereocenters. The third kappa shape index (κ3) is 3.61. The molecule has 0 saturated carbocycles. The van der Waals surface area contributed by atoms with Crippen LogP contribution < -0.4 is 10.6 Å². The highest BCUT2D eigenvalue weighted by Gasteiger charge is 2.07. The molecule has 2 rings (SSSR count). The monoisotopic (exact) mass is 273 g/mol. The number of carbonyl (C=O) groups is 1. The molecule has 108 valence electrons. The SMILES string of the molecule is CCNCc1ccc2c(ccn2CC(=O)NC(C)C)c1. The summed E-state index contributed by atoms with van der Waals surface area (Å²) >= 11 is 0. The van der Waals surface area contributed by atoms with E-state index in [4.69, 9.17) is 0 Å². The summed E-state index contributed by atoms with van der Waals surface area (Å²) < 4.78 is 1.99. The molecule has 0 saturated heterocycles. The number of rotatable bonds is 6. The van der Waals surface area contributed by atoms with Crippen molar-refractivity contribution in [1.82, 2.24) is 15.2 Å². The summed E-state index contributed by atoms with van der Waals surface area (Å²) in [7, 11) is 0. The highest BCUT2D eigenvalue weighted by atomic mass is 16.2. The zero-order chi connectivity index (χ0) is 14.5. The molecule has 2 aromatic rings. The normalized spacial score (nSPS) is 11.2. The molecule has 1 aromatic carbocycles. The van der Waals surface area contributed by atoms with Crippen molar-refractivity contribution in [1.29, 1.82) is 0 Å². The Morgan fingerprint density at radius 2 is 2.10 bits per heavy atom. The number of amides is 1. The Labute approximate surface area is 120 Å². The lowest BCUT2D eigenvalue weighted by atomic mass is 10.1. The molecule has 2 N–H and O–H groups in total. The number of hydrogen-bond donors (Lipinski definition) is 2. The van der Waals surface area contributed by atoms with Crippen molar-refractivity contribution in [2.24, 2.45) is 0 Å². The van der Waals surface area contributed by atoms with Gasteiger partial charge in [0, 0.05) is 24.3 Å². The van der Waals surface area contributed by atoms with E-state index in [2.05, 4.69) is 41.8 Å². The predicted molar refractivity (Wildman–Crippen MR) is 82.6 cm³/mol. The second-order valence-corrected chi connectivity index (χ2v) is 5.34. The largest absolute Gasteiger partial charge is 0.352 e. The standard InChI is InChI=1S/C16H23N3O/c1-4-17-10-13-5-6-15-14(9-13)7-8-19(15)11-16(20)18-12(2)3/h5-9,12,17H,4,10-11H2,1-3H3,(H,18,20). The van der Waals surface area contributed by atoms with Crippen LogP contribution in [0.1, 0.15) is 26.3 Å². The van der Waals surface area contributed by atoms with E-state index < -0.39 is 0 Å². The lowest BCUT2D eigenvalue weighted by Crippen LogP contribution is -2.32. The lowest BCUT2D eigenvalue weighted by molar-refractivity contribution is -0.122. The zero-order valence-electron chi connectivity index (χ0n) is 12.4. The average molecular weight is 273 g/mol. The highest BCUT2D eigenvalue weighted by molar-refractivity contribution is 5.83. The summed E-state index contributed by atoms with van der Waals surface area (Å²) in [4.78, 5) is 11.8. The van der Waals surface area contributed by atoms with E-state index in [0.717, 1.165) is 18.6 Å². The van der Waals surface area contributed by atoms with E-state index in [-0.39, 0.29) is 11.9 Å². The number of benzene rings is 1. The maximum Gasteiger partial charge on any atom is 0.240 e. The number of hydrogen-bond acceptors (Lipinski definition) is 2. The highest BCUT2D eigenvalue weighted by Crippen LogP contribution is 2.17. The molecule has 0 bridgehead atoms. The van der Waals surface area contributed by atoms with Crippen LogP contribution in [0.2, 0.25) is 0 Å². The van der Waals surface area contributed by atoms with Gasteiger partial charge in [-0.05, 0) is 49.5 Å². The van der Waals surface area contributed by atoms with E-state index in [1.165, 1.54) is 10.9 Å². The fourth-order valence-electron chi connectivity index (χ4n) is 2.29. The van der Waals surface area contributed by atoms with Crippen molar-refractivity contribution in [3.8, 4) is 0 Å². The summed E-state index contributed by atoms with van der Waals surface area (Å²) in [6, 6.07) is 8.62. The first-order chi connectivity index (χ1) is 9.60. The van der Waals surface area contributed by atoms with Gasteiger partial charge in [0.15, 0.2) is 0 Å². The van der Waals surface area contributed by atoms with Crippen molar-refractivity contribution in [2.75, 3.05) is 6.54 Å². The van der Waals surface area contributed by atoms with Gasteiger partial charge >= 0.3 is 0 Å². The van der Waals surface area contributed by atoms with Gasteiger partial charge in [-0.25, -0.2) is 0 Å². The number of carbonyl (C=O) groups excluding carboxylic acids is 1. The van der Waals surface area contributed by atoms with Crippen LogP contribution in [0.15, 0.2) is 30.5 Å². The van der Waals surface area contributed by atoms with Crippen LogP contribution in [0.25, 0.3) is 10.9 Å². The van der Waals surface area contributed by atoms with Crippen LogP contribution >= 0.6 is 0 Å². The maximum atomic E-state index is 11.8. The zero-order valence-corrected chi connectivity index (χ0v) is 12.4. The van der Waals surface area contributed by atoms with Gasteiger partial charge in [0.1, 0.15) is 6.54 Å². The molecule has 0 aliphatic rings. The lowest BCUT2D eigenvalue weighted by Gasteiger charge is -2.10. The van der Waals surface area contributed by atoms with Gasteiger partial charge in [0.25, 0.3) is 0 Å². The number of aromatic nitrogens is 1. The van der Waals surface area contributed by atoms with Gasteiger partial charge < -0.3 is 15.2 Å². The number of nitrogens with zero attached hydrogens (tertiary/aromatic N) is 1. The van der Waals surface area contributed by atoms with E-state index in [9.17, 15) is 4.79 Å². The van der Waals surface area contributed by atoms with Crippen molar-refractivity contribution in [2.45, 2.75) is 39.9 Å². The van der Waals surface area contributed by atoms with Crippen LogP contribution in [0.5, 0.6) is 0 Å². The first-order valence-corrected chi connectivity index (χ1v) is 7.18. The van der Waals surface area contributed by atoms with Crippen molar-refractivity contribution < 1.29 is 4.79 Å². The maximum absolute atomic E-state index is 11.8. The first-order valence-electron chi connectivity index (χ1n) is 7.18. The molecule has 1 amide bonds. The quantitative estimate of drug-likeness (QED) is 0.848. The Hall–Kier alpha value is -1.81. The predicted octanol–water partition coefficient (Wildman–Crippen LogP) is 2.28. The summed E-state index contributed by atoms with van der Waals surface area (Å²) in [6.45, 7) is 8.26. The Bertz CT molecular complexity index is 586. The van der Waals surface area contributed by atoms with Crippen molar-refractivity contribution in [3.63, 3.8) is 0 Å². The minimum atomic E-state index is 0.0502. The summed E-state index contributed by atoms with van der Waals surface area (Å²) in [6.07, 6.45) is 1.97. The van der Waals surface area contributed by atoms with Crippen LogP contribution in [0.4, 0.5) is 0 Å². The van der Waals surface area contributed by atoms with E-state index in [0.29, 0.717) is 6.54 Å². The van der Waals surface area contributed by atoms with Gasteiger partial charge in [-0.2, -0.15) is 0 Å². The molecule has 0 atom stereocenters. The molecule has 20 heavy (non-hydrogen) atoms. The Kier molecular flexibility index (Phi) is 4.79. The first kappa shape index (κ1) is 14.6. The van der Waals surface area contributed by atoms with Crippen molar-refractivity contribution >= 4 is 16.8 Å². The van der Waals surface area contributed by atoms with Crippen LogP contribution in [-0.2, 0) is 17.9 Å². The molecule has 1 aromatic heterocycles. The molecule has 1 heterocycles. The van der Waals surface area contributed by atoms with E-state index in [1.807, 2.05) is 24.6 Å². The molecule has 4 nitrogen and oxygen atoms in total. The minimum absolute atomic E-state index is 0.0502. The van der Waals surface area contributed by atoms with E-state index in [1.54, 1.807) is 0 Å². The Morgan fingerprint density at radius 1 is 1.30 bits per heavy atom. The topological polar surface area (TPSA) is 46.1 Å². The van der Waals surface area contributed by atoms with Crippen LogP contribution in [0, 0.1) is 0 Å². The summed E-state index contributed by atoms with van der Waals surface area (Å²) in [5.41, 5.74) is 2.37. The number of nitrogens with one attached hydrogen (secondary N) is 2. The van der Waals surface area contributed by atoms with Crippen LogP contribution in [-0.4, -0.2) is 23.1 Å². The fraction of sp³-hybridized carbons (Fsp3) is 0.438. The molecule has 0 radical (unpaired) electrons. The van der Waals surface area contributed by atoms with Gasteiger partial charge in [0.2, 0.25) is 5.91 Å². The molecular weight excluding hydrogens is 250 g/mol. The smallest absolute Gasteiger partial charge is 0.240 e. The summed E-state index contributed by atoms with van der Waals surface area (Å²) in [5.74, 6) is 0.0502. The third-order valence-corrected chi connectivity index (χ3v) is 3.18. The van der Waals surface area contributed by atoms with Gasteiger partial charge in [0.05, 0.1) is 0 Å². The molecular formula is C16H23N3O.